The summed E-state index contributed by atoms with van der Waals surface area (Å²) in [5.74, 6) is -2.15. The van der Waals surface area contributed by atoms with Crippen molar-refractivity contribution in [2.24, 2.45) is 5.73 Å². The Kier molecular flexibility index (Phi) is 8.15. The summed E-state index contributed by atoms with van der Waals surface area (Å²) in [6, 6.07) is 9.17. The summed E-state index contributed by atoms with van der Waals surface area (Å²) in [4.78, 5) is 36.5. The first-order chi connectivity index (χ1) is 14.6. The Morgan fingerprint density at radius 3 is 2.10 bits per heavy atom. The summed E-state index contributed by atoms with van der Waals surface area (Å²) in [7, 11) is 0. The minimum atomic E-state index is -1.16. The second-order valence-corrected chi connectivity index (χ2v) is 7.69. The number of aromatic hydroxyl groups is 1. The Balaban J connectivity index is 1.96. The highest BCUT2D eigenvalue weighted by Crippen LogP contribution is 2.21. The van der Waals surface area contributed by atoms with Crippen LogP contribution in [0.15, 0.2) is 42.5 Å². The van der Waals surface area contributed by atoms with Crippen LogP contribution in [0.2, 0.25) is 0 Å². The second kappa shape index (κ2) is 10.6. The van der Waals surface area contributed by atoms with Crippen LogP contribution in [0, 0.1) is 13.8 Å². The van der Waals surface area contributed by atoms with Crippen LogP contribution in [0.5, 0.6) is 5.75 Å². The Morgan fingerprint density at radius 1 is 0.968 bits per heavy atom. The van der Waals surface area contributed by atoms with Crippen LogP contribution in [-0.2, 0) is 27.2 Å². The van der Waals surface area contributed by atoms with Gasteiger partial charge in [-0.15, -0.1) is 0 Å². The number of nitrogens with one attached hydrogen (secondary N) is 2. The van der Waals surface area contributed by atoms with Crippen molar-refractivity contribution >= 4 is 17.8 Å². The van der Waals surface area contributed by atoms with Gasteiger partial charge in [0.05, 0.1) is 6.04 Å². The molecule has 2 aromatic rings. The first kappa shape index (κ1) is 23.9. The van der Waals surface area contributed by atoms with Crippen LogP contribution in [0.3, 0.4) is 0 Å². The zero-order valence-corrected chi connectivity index (χ0v) is 17.9. The fourth-order valence-corrected chi connectivity index (χ4v) is 3.34. The molecule has 0 aliphatic rings. The van der Waals surface area contributed by atoms with Gasteiger partial charge in [-0.2, -0.15) is 0 Å². The zero-order chi connectivity index (χ0) is 23.1. The maximum Gasteiger partial charge on any atom is 0.326 e. The van der Waals surface area contributed by atoms with E-state index in [9.17, 15) is 24.6 Å². The van der Waals surface area contributed by atoms with E-state index in [2.05, 4.69) is 10.6 Å². The lowest BCUT2D eigenvalue weighted by atomic mass is 9.96. The van der Waals surface area contributed by atoms with Crippen molar-refractivity contribution < 1.29 is 24.6 Å². The minimum absolute atomic E-state index is 0.126. The summed E-state index contributed by atoms with van der Waals surface area (Å²) >= 11 is 0. The van der Waals surface area contributed by atoms with Gasteiger partial charge >= 0.3 is 5.97 Å². The van der Waals surface area contributed by atoms with Crippen molar-refractivity contribution in [3.05, 3.63) is 64.7 Å². The van der Waals surface area contributed by atoms with Gasteiger partial charge in [-0.25, -0.2) is 4.79 Å². The quantitative estimate of drug-likeness (QED) is 0.407. The van der Waals surface area contributed by atoms with Crippen molar-refractivity contribution in [3.63, 3.8) is 0 Å². The monoisotopic (exact) mass is 427 g/mol. The largest absolute Gasteiger partial charge is 0.508 e. The molecule has 3 atom stereocenters. The van der Waals surface area contributed by atoms with E-state index in [1.807, 2.05) is 19.9 Å². The normalized spacial score (nSPS) is 13.7. The first-order valence-corrected chi connectivity index (χ1v) is 10.0. The van der Waals surface area contributed by atoms with E-state index in [4.69, 9.17) is 5.73 Å². The standard InChI is InChI=1S/C23H29N3O5/c1-13-9-17(27)10-14(2)18(13)12-19(24)22(29)25-15(3)21(28)26-20(23(30)31)11-16-7-5-4-6-8-16/h4-10,15,19-20,27H,11-12,24H2,1-3H3,(H,25,29)(H,26,28)(H,30,31)/t15-,19+,20+/m1/s1. The van der Waals surface area contributed by atoms with Gasteiger partial charge in [0.1, 0.15) is 17.8 Å². The van der Waals surface area contributed by atoms with Gasteiger partial charge in [-0.05, 0) is 61.6 Å². The lowest BCUT2D eigenvalue weighted by molar-refractivity contribution is -0.142. The molecule has 8 heteroatoms. The van der Waals surface area contributed by atoms with Crippen LogP contribution in [0.25, 0.3) is 0 Å². The molecule has 0 saturated carbocycles. The summed E-state index contributed by atoms with van der Waals surface area (Å²) in [5.41, 5.74) is 9.28. The first-order valence-electron chi connectivity index (χ1n) is 10.0. The van der Waals surface area contributed by atoms with Crippen LogP contribution in [-0.4, -0.2) is 46.1 Å². The molecule has 0 spiro atoms. The van der Waals surface area contributed by atoms with Crippen molar-refractivity contribution in [1.29, 1.82) is 0 Å². The van der Waals surface area contributed by atoms with E-state index in [1.165, 1.54) is 6.92 Å². The smallest absolute Gasteiger partial charge is 0.326 e. The average Bonchev–Trinajstić information content (AvgIpc) is 2.70. The fourth-order valence-electron chi connectivity index (χ4n) is 3.34. The Labute approximate surface area is 181 Å². The Morgan fingerprint density at radius 2 is 1.55 bits per heavy atom. The van der Waals surface area contributed by atoms with E-state index in [0.717, 1.165) is 22.3 Å². The molecule has 0 aliphatic heterocycles. The molecule has 6 N–H and O–H groups in total. The number of carboxylic acids is 1. The summed E-state index contributed by atoms with van der Waals surface area (Å²) in [6.45, 7) is 5.11. The number of hydrogen-bond acceptors (Lipinski definition) is 5. The molecular weight excluding hydrogens is 398 g/mol. The molecule has 0 fully saturated rings. The predicted molar refractivity (Wildman–Crippen MR) is 117 cm³/mol. The minimum Gasteiger partial charge on any atom is -0.508 e. The molecule has 2 amide bonds. The maximum atomic E-state index is 12.5. The predicted octanol–water partition coefficient (Wildman–Crippen LogP) is 1.20. The zero-order valence-electron chi connectivity index (χ0n) is 17.9. The Bertz CT molecular complexity index is 922. The second-order valence-electron chi connectivity index (χ2n) is 7.69. The van der Waals surface area contributed by atoms with E-state index in [1.54, 1.807) is 36.4 Å². The molecule has 0 aliphatic carbocycles. The number of nitrogens with two attached hydrogens (primary N) is 1. The number of amides is 2. The number of aryl methyl sites for hydroxylation is 2. The lowest BCUT2D eigenvalue weighted by Crippen LogP contribution is -2.54. The molecule has 0 aromatic heterocycles. The topological polar surface area (TPSA) is 142 Å². The van der Waals surface area contributed by atoms with Gasteiger partial charge in [0.2, 0.25) is 11.8 Å². The number of hydrogen-bond donors (Lipinski definition) is 5. The highest BCUT2D eigenvalue weighted by atomic mass is 16.4. The van der Waals surface area contributed by atoms with E-state index < -0.39 is 35.9 Å². The van der Waals surface area contributed by atoms with Crippen molar-refractivity contribution in [1.82, 2.24) is 10.6 Å². The van der Waals surface area contributed by atoms with E-state index >= 15 is 0 Å². The molecule has 2 aromatic carbocycles. The van der Waals surface area contributed by atoms with Crippen LogP contribution in [0.1, 0.15) is 29.2 Å². The number of rotatable bonds is 9. The fraction of sp³-hybridized carbons (Fsp3) is 0.348. The number of carbonyl (C=O) groups excluding carboxylic acids is 2. The van der Waals surface area contributed by atoms with Gasteiger partial charge in [-0.3, -0.25) is 9.59 Å². The molecule has 8 nitrogen and oxygen atoms in total. The van der Waals surface area contributed by atoms with E-state index in [-0.39, 0.29) is 18.6 Å². The third-order valence-electron chi connectivity index (χ3n) is 5.09. The average molecular weight is 428 g/mol. The number of aliphatic carboxylic acids is 1. The molecule has 2 rings (SSSR count). The van der Waals surface area contributed by atoms with Crippen LogP contribution in [0.4, 0.5) is 0 Å². The van der Waals surface area contributed by atoms with Gasteiger partial charge in [0.25, 0.3) is 0 Å². The number of carbonyl (C=O) groups is 3. The van der Waals surface area contributed by atoms with Gasteiger partial charge in [-0.1, -0.05) is 30.3 Å². The highest BCUT2D eigenvalue weighted by Gasteiger charge is 2.26. The summed E-state index contributed by atoms with van der Waals surface area (Å²) in [5, 5.41) is 24.1. The SMILES string of the molecule is Cc1cc(O)cc(C)c1C[C@H](N)C(=O)N[C@H](C)C(=O)N[C@@H](Cc1ccccc1)C(=O)O. The Hall–Kier alpha value is -3.39. The van der Waals surface area contributed by atoms with Gasteiger partial charge in [0, 0.05) is 6.42 Å². The molecule has 0 unspecified atom stereocenters. The van der Waals surface area contributed by atoms with Gasteiger partial charge in [0.15, 0.2) is 0 Å². The molecule has 31 heavy (non-hydrogen) atoms. The van der Waals surface area contributed by atoms with Crippen molar-refractivity contribution in [2.45, 2.75) is 51.7 Å². The van der Waals surface area contributed by atoms with E-state index in [0.29, 0.717) is 0 Å². The number of benzene rings is 2. The molecule has 0 radical (unpaired) electrons. The summed E-state index contributed by atoms with van der Waals surface area (Å²) < 4.78 is 0. The molecule has 0 saturated heterocycles. The molecule has 166 valence electrons. The number of phenols is 1. The highest BCUT2D eigenvalue weighted by molar-refractivity contribution is 5.91. The molecule has 0 heterocycles. The summed E-state index contributed by atoms with van der Waals surface area (Å²) in [6.07, 6.45) is 0.366. The van der Waals surface area contributed by atoms with Gasteiger partial charge < -0.3 is 26.6 Å². The third kappa shape index (κ3) is 6.82. The molecule has 0 bridgehead atoms. The van der Waals surface area contributed by atoms with Crippen LogP contribution < -0.4 is 16.4 Å². The van der Waals surface area contributed by atoms with Crippen molar-refractivity contribution in [3.8, 4) is 5.75 Å². The number of phenolic OH excluding ortho intramolecular Hbond substituents is 1. The maximum absolute atomic E-state index is 12.5. The third-order valence-corrected chi connectivity index (χ3v) is 5.09. The molecular formula is C23H29N3O5. The lowest BCUT2D eigenvalue weighted by Gasteiger charge is -2.21. The van der Waals surface area contributed by atoms with Crippen molar-refractivity contribution in [2.75, 3.05) is 0 Å². The number of carboxylic acid groups (broad SMARTS) is 1. The van der Waals surface area contributed by atoms with Crippen LogP contribution >= 0.6 is 0 Å².